The third-order valence-corrected chi connectivity index (χ3v) is 1.93. The number of hydrogen-bond donors (Lipinski definition) is 0. The molecule has 66 valence electrons. The standard InChI is InChI=1S/C9H12O3/c1-11-9(12-2)5-3-4-8(6-9)7-10/h3-4,6-7H,5H2,1-2H3. The van der Waals surface area contributed by atoms with E-state index in [0.717, 1.165) is 6.29 Å². The Morgan fingerprint density at radius 3 is 2.67 bits per heavy atom. The van der Waals surface area contributed by atoms with Crippen molar-refractivity contribution in [3.05, 3.63) is 23.8 Å². The zero-order valence-corrected chi connectivity index (χ0v) is 7.24. The van der Waals surface area contributed by atoms with Crippen LogP contribution in [0, 0.1) is 0 Å². The highest BCUT2D eigenvalue weighted by atomic mass is 16.7. The number of rotatable bonds is 3. The SMILES string of the molecule is COC1(OC)C=C(C=O)C=CC1. The van der Waals surface area contributed by atoms with Crippen LogP contribution in [0.25, 0.3) is 0 Å². The van der Waals surface area contributed by atoms with Crippen molar-refractivity contribution in [1.82, 2.24) is 0 Å². The molecule has 0 aromatic rings. The van der Waals surface area contributed by atoms with E-state index in [2.05, 4.69) is 0 Å². The van der Waals surface area contributed by atoms with Gasteiger partial charge in [-0.2, -0.15) is 0 Å². The highest BCUT2D eigenvalue weighted by molar-refractivity contribution is 5.78. The first-order valence-electron chi connectivity index (χ1n) is 3.71. The second kappa shape index (κ2) is 3.65. The number of carbonyl (C=O) groups excluding carboxylic acids is 1. The number of allylic oxidation sites excluding steroid dienone is 2. The number of hydrogen-bond acceptors (Lipinski definition) is 3. The summed E-state index contributed by atoms with van der Waals surface area (Å²) < 4.78 is 10.3. The molecule has 0 aromatic heterocycles. The van der Waals surface area contributed by atoms with Crippen molar-refractivity contribution in [3.63, 3.8) is 0 Å². The fraction of sp³-hybridized carbons (Fsp3) is 0.444. The van der Waals surface area contributed by atoms with Crippen molar-refractivity contribution < 1.29 is 14.3 Å². The third-order valence-electron chi connectivity index (χ3n) is 1.93. The van der Waals surface area contributed by atoms with Gasteiger partial charge in [-0.25, -0.2) is 0 Å². The van der Waals surface area contributed by atoms with Crippen molar-refractivity contribution in [2.45, 2.75) is 12.2 Å². The van der Waals surface area contributed by atoms with Crippen molar-refractivity contribution in [2.24, 2.45) is 0 Å². The molecule has 0 aromatic carbocycles. The van der Waals surface area contributed by atoms with E-state index in [1.54, 1.807) is 26.4 Å². The molecule has 0 radical (unpaired) electrons. The summed E-state index contributed by atoms with van der Waals surface area (Å²) in [5, 5.41) is 0. The number of ether oxygens (including phenoxy) is 2. The van der Waals surface area contributed by atoms with E-state index in [1.807, 2.05) is 6.08 Å². The summed E-state index contributed by atoms with van der Waals surface area (Å²) in [5.74, 6) is -0.745. The molecule has 0 saturated heterocycles. The maximum Gasteiger partial charge on any atom is 0.191 e. The maximum atomic E-state index is 10.4. The Bertz CT molecular complexity index is 224. The van der Waals surface area contributed by atoms with Gasteiger partial charge in [0.2, 0.25) is 0 Å². The lowest BCUT2D eigenvalue weighted by Gasteiger charge is -2.28. The smallest absolute Gasteiger partial charge is 0.191 e. The zero-order chi connectivity index (χ0) is 9.03. The van der Waals surface area contributed by atoms with Crippen molar-refractivity contribution in [2.75, 3.05) is 14.2 Å². The molecule has 3 heteroatoms. The first kappa shape index (κ1) is 9.16. The molecule has 0 unspecified atom stereocenters. The second-order valence-corrected chi connectivity index (χ2v) is 2.59. The summed E-state index contributed by atoms with van der Waals surface area (Å²) in [7, 11) is 3.11. The Morgan fingerprint density at radius 2 is 2.17 bits per heavy atom. The van der Waals surface area contributed by atoms with Gasteiger partial charge in [-0.05, 0) is 6.08 Å². The largest absolute Gasteiger partial charge is 0.349 e. The van der Waals surface area contributed by atoms with Crippen molar-refractivity contribution in [3.8, 4) is 0 Å². The Labute approximate surface area is 71.7 Å². The van der Waals surface area contributed by atoms with Gasteiger partial charge in [-0.3, -0.25) is 4.79 Å². The molecule has 0 N–H and O–H groups in total. The van der Waals surface area contributed by atoms with Gasteiger partial charge in [-0.1, -0.05) is 12.2 Å². The third kappa shape index (κ3) is 1.62. The van der Waals surface area contributed by atoms with Gasteiger partial charge in [0.15, 0.2) is 5.79 Å². The molecule has 0 bridgehead atoms. The molecule has 12 heavy (non-hydrogen) atoms. The van der Waals surface area contributed by atoms with Crippen LogP contribution in [-0.4, -0.2) is 26.3 Å². The van der Waals surface area contributed by atoms with Crippen molar-refractivity contribution in [1.29, 1.82) is 0 Å². The quantitative estimate of drug-likeness (QED) is 0.467. The predicted octanol–water partition coefficient (Wildman–Crippen LogP) is 1.06. The second-order valence-electron chi connectivity index (χ2n) is 2.59. The Kier molecular flexibility index (Phi) is 2.78. The summed E-state index contributed by atoms with van der Waals surface area (Å²) >= 11 is 0. The van der Waals surface area contributed by atoms with Gasteiger partial charge in [0, 0.05) is 26.2 Å². The molecular formula is C9H12O3. The summed E-state index contributed by atoms with van der Waals surface area (Å²) in [6.45, 7) is 0. The summed E-state index contributed by atoms with van der Waals surface area (Å²) in [4.78, 5) is 10.4. The molecule has 0 fully saturated rings. The first-order chi connectivity index (χ1) is 5.76. The van der Waals surface area contributed by atoms with Crippen LogP contribution in [0.2, 0.25) is 0 Å². The van der Waals surface area contributed by atoms with Gasteiger partial charge in [-0.15, -0.1) is 0 Å². The van der Waals surface area contributed by atoms with Gasteiger partial charge >= 0.3 is 0 Å². The van der Waals surface area contributed by atoms with Gasteiger partial charge < -0.3 is 9.47 Å². The van der Waals surface area contributed by atoms with Crippen LogP contribution in [-0.2, 0) is 14.3 Å². The van der Waals surface area contributed by atoms with E-state index in [9.17, 15) is 4.79 Å². The Balaban J connectivity index is 2.87. The van der Waals surface area contributed by atoms with E-state index >= 15 is 0 Å². The van der Waals surface area contributed by atoms with Crippen LogP contribution in [0.15, 0.2) is 23.8 Å². The molecule has 0 aliphatic heterocycles. The molecule has 1 aliphatic rings. The molecular weight excluding hydrogens is 156 g/mol. The zero-order valence-electron chi connectivity index (χ0n) is 7.24. The predicted molar refractivity (Wildman–Crippen MR) is 44.7 cm³/mol. The van der Waals surface area contributed by atoms with Crippen molar-refractivity contribution >= 4 is 6.29 Å². The van der Waals surface area contributed by atoms with Crippen LogP contribution in [0.5, 0.6) is 0 Å². The van der Waals surface area contributed by atoms with Gasteiger partial charge in [0.1, 0.15) is 6.29 Å². The number of methoxy groups -OCH3 is 2. The lowest BCUT2D eigenvalue weighted by molar-refractivity contribution is -0.168. The van der Waals surface area contributed by atoms with E-state index in [4.69, 9.17) is 9.47 Å². The highest BCUT2D eigenvalue weighted by Gasteiger charge is 2.27. The van der Waals surface area contributed by atoms with Crippen LogP contribution < -0.4 is 0 Å². The van der Waals surface area contributed by atoms with Gasteiger partial charge in [0.05, 0.1) is 0 Å². The molecule has 0 spiro atoms. The van der Waals surface area contributed by atoms with E-state index in [-0.39, 0.29) is 0 Å². The Morgan fingerprint density at radius 1 is 1.50 bits per heavy atom. The molecule has 0 heterocycles. The average molecular weight is 168 g/mol. The maximum absolute atomic E-state index is 10.4. The number of carbonyl (C=O) groups is 1. The molecule has 1 aliphatic carbocycles. The Hall–Kier alpha value is -0.930. The minimum atomic E-state index is -0.745. The molecule has 1 rings (SSSR count). The van der Waals surface area contributed by atoms with E-state index in [1.165, 1.54) is 0 Å². The van der Waals surface area contributed by atoms with E-state index < -0.39 is 5.79 Å². The lowest BCUT2D eigenvalue weighted by atomic mass is 10.0. The fourth-order valence-corrected chi connectivity index (χ4v) is 1.16. The highest BCUT2D eigenvalue weighted by Crippen LogP contribution is 2.24. The summed E-state index contributed by atoms with van der Waals surface area (Å²) in [6.07, 6.45) is 6.71. The minimum Gasteiger partial charge on any atom is -0.349 e. The summed E-state index contributed by atoms with van der Waals surface area (Å²) in [5.41, 5.74) is 0.588. The molecule has 0 amide bonds. The topological polar surface area (TPSA) is 35.5 Å². The van der Waals surface area contributed by atoms with Crippen LogP contribution in [0.1, 0.15) is 6.42 Å². The van der Waals surface area contributed by atoms with Gasteiger partial charge in [0.25, 0.3) is 0 Å². The molecule has 0 saturated carbocycles. The normalized spacial score (nSPS) is 20.3. The molecule has 0 atom stereocenters. The number of aldehydes is 1. The lowest BCUT2D eigenvalue weighted by Crippen LogP contribution is -2.32. The first-order valence-corrected chi connectivity index (χ1v) is 3.71. The van der Waals surface area contributed by atoms with E-state index in [0.29, 0.717) is 12.0 Å². The molecule has 3 nitrogen and oxygen atoms in total. The average Bonchev–Trinajstić information content (AvgIpc) is 2.18. The van der Waals surface area contributed by atoms with Crippen LogP contribution in [0.4, 0.5) is 0 Å². The fourth-order valence-electron chi connectivity index (χ4n) is 1.16. The van der Waals surface area contributed by atoms with Crippen LogP contribution in [0.3, 0.4) is 0 Å². The minimum absolute atomic E-state index is 0.588. The summed E-state index contributed by atoms with van der Waals surface area (Å²) in [6, 6.07) is 0. The monoisotopic (exact) mass is 168 g/mol. The van der Waals surface area contributed by atoms with Crippen LogP contribution >= 0.6 is 0 Å².